The van der Waals surface area contributed by atoms with Crippen LogP contribution in [0.5, 0.6) is 17.2 Å². The van der Waals surface area contributed by atoms with Crippen LogP contribution in [0.1, 0.15) is 21.5 Å². The van der Waals surface area contributed by atoms with Crippen LogP contribution in [-0.4, -0.2) is 74.4 Å². The van der Waals surface area contributed by atoms with E-state index in [1.54, 1.807) is 26.0 Å². The van der Waals surface area contributed by atoms with Crippen LogP contribution in [0.4, 0.5) is 34.1 Å². The Morgan fingerprint density at radius 3 is 1.70 bits per heavy atom. The van der Waals surface area contributed by atoms with Crippen LogP contribution in [0.25, 0.3) is 0 Å². The van der Waals surface area contributed by atoms with Gasteiger partial charge in [-0.15, -0.1) is 20.5 Å². The topological polar surface area (TPSA) is 284 Å². The number of carboxylic acids is 3. The van der Waals surface area contributed by atoms with Crippen molar-refractivity contribution in [1.82, 2.24) is 4.31 Å². The van der Waals surface area contributed by atoms with E-state index in [0.717, 1.165) is 35.9 Å². The van der Waals surface area contributed by atoms with Gasteiger partial charge in [-0.1, -0.05) is 6.07 Å². The number of aromatic carboxylic acids is 1. The van der Waals surface area contributed by atoms with Crippen LogP contribution in [0.15, 0.2) is 102 Å². The van der Waals surface area contributed by atoms with E-state index >= 15 is 0 Å². The molecule has 0 heterocycles. The molecule has 19 heteroatoms. The third-order valence-corrected chi connectivity index (χ3v) is 8.42. The van der Waals surface area contributed by atoms with Crippen molar-refractivity contribution in [2.75, 3.05) is 13.1 Å². The minimum Gasteiger partial charge on any atom is -0.505 e. The number of hydrogen-bond acceptors (Lipinski definition) is 14. The molecule has 0 saturated heterocycles. The number of carbonyl (C=O) groups is 3. The fourth-order valence-electron chi connectivity index (χ4n) is 4.27. The summed E-state index contributed by atoms with van der Waals surface area (Å²) in [6.45, 7) is 1.35. The highest BCUT2D eigenvalue weighted by atomic mass is 32.2. The largest absolute Gasteiger partial charge is 0.505 e. The highest BCUT2D eigenvalue weighted by Crippen LogP contribution is 2.41. The van der Waals surface area contributed by atoms with Crippen molar-refractivity contribution in [1.29, 1.82) is 0 Å². The Morgan fingerprint density at radius 2 is 1.14 bits per heavy atom. The number of phenols is 3. The number of aryl methyl sites for hydroxylation is 2. The highest BCUT2D eigenvalue weighted by molar-refractivity contribution is 7.89. The van der Waals surface area contributed by atoms with Gasteiger partial charge in [-0.25, -0.2) is 13.2 Å². The van der Waals surface area contributed by atoms with Gasteiger partial charge in [-0.05, 0) is 73.5 Å². The second-order valence-corrected chi connectivity index (χ2v) is 12.4. The normalized spacial score (nSPS) is 12.0. The van der Waals surface area contributed by atoms with E-state index < -0.39 is 57.4 Å². The first kappa shape index (κ1) is 36.2. The van der Waals surface area contributed by atoms with Crippen molar-refractivity contribution in [3.05, 3.63) is 83.4 Å². The number of aromatic hydroxyl groups is 3. The van der Waals surface area contributed by atoms with Crippen LogP contribution in [0.2, 0.25) is 0 Å². The number of azo groups is 3. The van der Waals surface area contributed by atoms with E-state index in [2.05, 4.69) is 30.7 Å². The minimum atomic E-state index is -4.48. The summed E-state index contributed by atoms with van der Waals surface area (Å²) in [6.07, 6.45) is 0. The molecule has 18 nitrogen and oxygen atoms in total. The summed E-state index contributed by atoms with van der Waals surface area (Å²) < 4.78 is 25.8. The number of carboxylic acid groups (broad SMARTS) is 3. The van der Waals surface area contributed by atoms with Gasteiger partial charge >= 0.3 is 17.9 Å². The molecule has 258 valence electrons. The van der Waals surface area contributed by atoms with Crippen LogP contribution < -0.4 is 0 Å². The second-order valence-electron chi connectivity index (χ2n) is 10.4. The predicted octanol–water partition coefficient (Wildman–Crippen LogP) is 6.52. The van der Waals surface area contributed by atoms with Gasteiger partial charge in [-0.3, -0.25) is 9.59 Å². The third-order valence-electron chi connectivity index (χ3n) is 6.62. The third kappa shape index (κ3) is 8.85. The average Bonchev–Trinajstić information content (AvgIpc) is 3.04. The molecule has 0 atom stereocenters. The zero-order chi connectivity index (χ0) is 36.7. The highest BCUT2D eigenvalue weighted by Gasteiger charge is 2.28. The van der Waals surface area contributed by atoms with E-state index in [0.29, 0.717) is 5.56 Å². The van der Waals surface area contributed by atoms with Crippen molar-refractivity contribution in [3.8, 4) is 17.2 Å². The first-order valence-corrected chi connectivity index (χ1v) is 15.5. The van der Waals surface area contributed by atoms with Gasteiger partial charge in [0.15, 0.2) is 0 Å². The molecule has 0 spiro atoms. The maximum atomic E-state index is 12.8. The summed E-state index contributed by atoms with van der Waals surface area (Å²) in [5.74, 6) is -5.56. The lowest BCUT2D eigenvalue weighted by molar-refractivity contribution is -0.139. The monoisotopic (exact) mass is 705 g/mol. The predicted molar refractivity (Wildman–Crippen MR) is 174 cm³/mol. The number of hydrogen-bond donors (Lipinski definition) is 6. The van der Waals surface area contributed by atoms with Crippen molar-refractivity contribution < 1.29 is 53.4 Å². The number of benzene rings is 4. The average molecular weight is 706 g/mol. The van der Waals surface area contributed by atoms with E-state index in [9.17, 15) is 43.2 Å². The second kappa shape index (κ2) is 15.1. The van der Waals surface area contributed by atoms with Crippen LogP contribution in [0.3, 0.4) is 0 Å². The van der Waals surface area contributed by atoms with Crippen molar-refractivity contribution in [2.45, 2.75) is 18.7 Å². The first-order chi connectivity index (χ1) is 23.5. The van der Waals surface area contributed by atoms with Crippen molar-refractivity contribution in [2.24, 2.45) is 30.7 Å². The Morgan fingerprint density at radius 1 is 0.620 bits per heavy atom. The van der Waals surface area contributed by atoms with Crippen molar-refractivity contribution >= 4 is 62.1 Å². The molecule has 6 N–H and O–H groups in total. The fraction of sp³-hybridized carbons (Fsp3) is 0.129. The number of rotatable bonds is 13. The molecule has 0 aliphatic heterocycles. The Labute approximate surface area is 282 Å². The summed E-state index contributed by atoms with van der Waals surface area (Å²) in [4.78, 5) is 33.7. The van der Waals surface area contributed by atoms with Gasteiger partial charge in [0.25, 0.3) is 0 Å². The number of sulfonamides is 1. The molecule has 0 bridgehead atoms. The number of aliphatic carboxylic acids is 2. The van der Waals surface area contributed by atoms with E-state index in [4.69, 9.17) is 10.2 Å². The molecule has 4 rings (SSSR count). The van der Waals surface area contributed by atoms with Crippen LogP contribution >= 0.6 is 0 Å². The van der Waals surface area contributed by atoms with Gasteiger partial charge in [0.2, 0.25) is 10.0 Å². The SMILES string of the molecule is Cc1cc(C)c(O)c(N=Nc2cc(N=Nc3ccc(N=Nc4ccc(S(=O)(=O)N(CC(=O)O)CC(=O)O)cc4)cc3C(=O)O)c(O)cc2O)c1. The molecular formula is C31H27N7O11S. The summed E-state index contributed by atoms with van der Waals surface area (Å²) >= 11 is 0. The van der Waals surface area contributed by atoms with Gasteiger partial charge in [0.1, 0.15) is 53.1 Å². The van der Waals surface area contributed by atoms with Gasteiger partial charge < -0.3 is 30.6 Å². The quantitative estimate of drug-likeness (QED) is 0.0813. The summed E-state index contributed by atoms with van der Waals surface area (Å²) in [5.41, 5.74) is 0.869. The summed E-state index contributed by atoms with van der Waals surface area (Å²) in [5, 5.41) is 82.1. The van der Waals surface area contributed by atoms with E-state index in [1.165, 1.54) is 24.3 Å². The Bertz CT molecular complexity index is 2170. The van der Waals surface area contributed by atoms with E-state index in [1.807, 2.05) is 0 Å². The molecule has 0 aromatic heterocycles. The molecular weight excluding hydrogens is 678 g/mol. The summed E-state index contributed by atoms with van der Waals surface area (Å²) in [7, 11) is -4.48. The molecule has 4 aromatic rings. The van der Waals surface area contributed by atoms with Crippen molar-refractivity contribution in [3.63, 3.8) is 0 Å². The molecule has 4 aromatic carbocycles. The maximum Gasteiger partial charge on any atom is 0.338 e. The van der Waals surface area contributed by atoms with Gasteiger partial charge in [0.05, 0.1) is 21.8 Å². The van der Waals surface area contributed by atoms with Crippen LogP contribution in [0, 0.1) is 13.8 Å². The van der Waals surface area contributed by atoms with Gasteiger partial charge in [0, 0.05) is 12.1 Å². The molecule has 0 saturated carbocycles. The maximum absolute atomic E-state index is 12.8. The molecule has 0 amide bonds. The molecule has 0 aliphatic rings. The standard InChI is InChI=1S/C31H27N7O11S/c1-16-9-17(2)30(45)25(10-16)37-36-24-12-23(26(39)13-27(24)40)35-34-22-8-5-19(11-21(22)31(46)47)33-32-18-3-6-20(7-4-18)50(48,49)38(14-28(41)42)15-29(43)44/h3-13,39-40,45H,14-15H2,1-2H3,(H,41,42)(H,43,44)(H,46,47). The minimum absolute atomic E-state index is 0.0527. The molecule has 50 heavy (non-hydrogen) atoms. The number of nitrogens with zero attached hydrogens (tertiary/aromatic N) is 7. The Kier molecular flexibility index (Phi) is 10.9. The molecule has 0 radical (unpaired) electrons. The van der Waals surface area contributed by atoms with Crippen LogP contribution in [-0.2, 0) is 19.6 Å². The lowest BCUT2D eigenvalue weighted by Gasteiger charge is -2.18. The lowest BCUT2D eigenvalue weighted by atomic mass is 10.1. The molecule has 0 fully saturated rings. The lowest BCUT2D eigenvalue weighted by Crippen LogP contribution is -2.39. The first-order valence-electron chi connectivity index (χ1n) is 14.1. The zero-order valence-electron chi connectivity index (χ0n) is 26.0. The smallest absolute Gasteiger partial charge is 0.338 e. The zero-order valence-corrected chi connectivity index (χ0v) is 26.8. The Hall–Kier alpha value is -6.60. The molecule has 0 aliphatic carbocycles. The number of phenolic OH excluding ortho intramolecular Hbond substituents is 3. The fourth-order valence-corrected chi connectivity index (χ4v) is 5.60. The Balaban J connectivity index is 1.55. The van der Waals surface area contributed by atoms with E-state index in [-0.39, 0.29) is 49.7 Å². The van der Waals surface area contributed by atoms with Gasteiger partial charge in [-0.2, -0.15) is 14.5 Å². The summed E-state index contributed by atoms with van der Waals surface area (Å²) in [6, 6.07) is 13.7. The molecule has 0 unspecified atom stereocenters.